The van der Waals surface area contributed by atoms with E-state index in [1.165, 1.54) is 10.5 Å². The zero-order chi connectivity index (χ0) is 9.80. The van der Waals surface area contributed by atoms with E-state index < -0.39 is 0 Å². The van der Waals surface area contributed by atoms with Gasteiger partial charge in [-0.05, 0) is 30.5 Å². The monoisotopic (exact) mass is 208 g/mol. The quantitative estimate of drug-likeness (QED) is 0.747. The third-order valence-corrected chi connectivity index (χ3v) is 3.68. The molecule has 2 nitrogen and oxygen atoms in total. The van der Waals surface area contributed by atoms with Crippen molar-refractivity contribution < 1.29 is 0 Å². The van der Waals surface area contributed by atoms with Crippen molar-refractivity contribution in [1.29, 1.82) is 0 Å². The third kappa shape index (κ3) is 2.50. The molecule has 0 bridgehead atoms. The van der Waals surface area contributed by atoms with Gasteiger partial charge in [0, 0.05) is 31.1 Å². The summed E-state index contributed by atoms with van der Waals surface area (Å²) in [5.74, 6) is 0. The Labute approximate surface area is 89.8 Å². The van der Waals surface area contributed by atoms with Crippen LogP contribution in [0.25, 0.3) is 0 Å². The van der Waals surface area contributed by atoms with Gasteiger partial charge in [0.25, 0.3) is 0 Å². The molecule has 0 spiro atoms. The van der Waals surface area contributed by atoms with Crippen LogP contribution in [-0.2, 0) is 0 Å². The maximum absolute atomic E-state index is 3.36. The lowest BCUT2D eigenvalue weighted by Crippen LogP contribution is -2.39. The molecule has 0 atom stereocenters. The molecule has 1 aromatic rings. The first kappa shape index (κ1) is 10.0. The number of nitrogens with one attached hydrogen (secondary N) is 1. The summed E-state index contributed by atoms with van der Waals surface area (Å²) in [5, 5.41) is 3.36. The fourth-order valence-corrected chi connectivity index (χ4v) is 2.53. The molecule has 0 aliphatic carbocycles. The van der Waals surface area contributed by atoms with Crippen LogP contribution in [0, 0.1) is 6.92 Å². The van der Waals surface area contributed by atoms with Crippen molar-refractivity contribution in [1.82, 2.24) is 9.62 Å². The van der Waals surface area contributed by atoms with Gasteiger partial charge < -0.3 is 5.32 Å². The molecule has 0 amide bonds. The summed E-state index contributed by atoms with van der Waals surface area (Å²) in [6.45, 7) is 6.67. The zero-order valence-electron chi connectivity index (χ0n) is 8.49. The Morgan fingerprint density at radius 2 is 1.93 bits per heavy atom. The van der Waals surface area contributed by atoms with Gasteiger partial charge >= 0.3 is 0 Å². The fraction of sp³-hybridized carbons (Fsp3) is 0.455. The van der Waals surface area contributed by atoms with E-state index in [2.05, 4.69) is 40.8 Å². The van der Waals surface area contributed by atoms with Crippen LogP contribution >= 0.6 is 11.9 Å². The Balaban J connectivity index is 1.99. The minimum atomic E-state index is 1.11. The van der Waals surface area contributed by atoms with E-state index >= 15 is 0 Å². The lowest BCUT2D eigenvalue weighted by molar-refractivity contribution is 0.396. The van der Waals surface area contributed by atoms with Crippen LogP contribution in [0.2, 0.25) is 0 Å². The number of hydrogen-bond donors (Lipinski definition) is 1. The van der Waals surface area contributed by atoms with Gasteiger partial charge in [0.1, 0.15) is 0 Å². The summed E-state index contributed by atoms with van der Waals surface area (Å²) >= 11 is 1.88. The highest BCUT2D eigenvalue weighted by Crippen LogP contribution is 2.25. The van der Waals surface area contributed by atoms with Crippen LogP contribution in [-0.4, -0.2) is 30.5 Å². The summed E-state index contributed by atoms with van der Waals surface area (Å²) in [4.78, 5) is 1.38. The molecule has 76 valence electrons. The molecule has 2 rings (SSSR count). The average Bonchev–Trinajstić information content (AvgIpc) is 2.23. The second-order valence-corrected chi connectivity index (χ2v) is 4.67. The van der Waals surface area contributed by atoms with E-state index in [9.17, 15) is 0 Å². The van der Waals surface area contributed by atoms with Crippen LogP contribution in [0.4, 0.5) is 0 Å². The maximum atomic E-state index is 3.36. The smallest absolute Gasteiger partial charge is 0.0259 e. The van der Waals surface area contributed by atoms with Crippen molar-refractivity contribution in [3.8, 4) is 0 Å². The van der Waals surface area contributed by atoms with Crippen LogP contribution in [0.15, 0.2) is 29.2 Å². The third-order valence-electron chi connectivity index (χ3n) is 2.40. The van der Waals surface area contributed by atoms with Crippen molar-refractivity contribution in [3.05, 3.63) is 29.8 Å². The summed E-state index contributed by atoms with van der Waals surface area (Å²) < 4.78 is 2.43. The second-order valence-electron chi connectivity index (χ2n) is 3.54. The van der Waals surface area contributed by atoms with E-state index in [1.807, 2.05) is 11.9 Å². The van der Waals surface area contributed by atoms with E-state index in [0.29, 0.717) is 0 Å². The van der Waals surface area contributed by atoms with Gasteiger partial charge in [-0.1, -0.05) is 18.2 Å². The Morgan fingerprint density at radius 1 is 1.21 bits per heavy atom. The van der Waals surface area contributed by atoms with Crippen LogP contribution in [0.5, 0.6) is 0 Å². The van der Waals surface area contributed by atoms with Gasteiger partial charge in [-0.2, -0.15) is 0 Å². The van der Waals surface area contributed by atoms with E-state index in [1.54, 1.807) is 0 Å². The lowest BCUT2D eigenvalue weighted by atomic mass is 10.2. The van der Waals surface area contributed by atoms with Gasteiger partial charge in [-0.15, -0.1) is 0 Å². The highest BCUT2D eigenvalue weighted by molar-refractivity contribution is 7.97. The predicted molar refractivity (Wildman–Crippen MR) is 61.5 cm³/mol. The highest BCUT2D eigenvalue weighted by Gasteiger charge is 2.11. The Bertz CT molecular complexity index is 295. The van der Waals surface area contributed by atoms with Crippen LogP contribution in [0.3, 0.4) is 0 Å². The van der Waals surface area contributed by atoms with Crippen LogP contribution in [0.1, 0.15) is 5.56 Å². The first-order valence-corrected chi connectivity index (χ1v) is 5.83. The molecular weight excluding hydrogens is 192 g/mol. The molecule has 1 aliphatic rings. The SMILES string of the molecule is Cc1ccccc1SN1CCNCC1. The Hall–Kier alpha value is -0.510. The maximum Gasteiger partial charge on any atom is 0.0259 e. The first-order valence-electron chi connectivity index (χ1n) is 5.05. The molecule has 0 radical (unpaired) electrons. The number of rotatable bonds is 2. The fourth-order valence-electron chi connectivity index (χ4n) is 1.53. The number of nitrogens with zero attached hydrogens (tertiary/aromatic N) is 1. The van der Waals surface area contributed by atoms with Crippen molar-refractivity contribution in [2.75, 3.05) is 26.2 Å². The second kappa shape index (κ2) is 4.82. The molecule has 1 aliphatic heterocycles. The van der Waals surface area contributed by atoms with E-state index in [0.717, 1.165) is 26.2 Å². The summed E-state index contributed by atoms with van der Waals surface area (Å²) in [7, 11) is 0. The molecule has 1 saturated heterocycles. The molecule has 1 fully saturated rings. The van der Waals surface area contributed by atoms with Gasteiger partial charge in [0.2, 0.25) is 0 Å². The molecule has 1 heterocycles. The summed E-state index contributed by atoms with van der Waals surface area (Å²) in [6.07, 6.45) is 0. The normalized spacial score (nSPS) is 18.4. The van der Waals surface area contributed by atoms with Gasteiger partial charge in [-0.25, -0.2) is 4.31 Å². The van der Waals surface area contributed by atoms with Crippen molar-refractivity contribution in [2.45, 2.75) is 11.8 Å². The van der Waals surface area contributed by atoms with Gasteiger partial charge in [0.05, 0.1) is 0 Å². The largest absolute Gasteiger partial charge is 0.314 e. The molecule has 0 unspecified atom stereocenters. The molecule has 0 aromatic heterocycles. The van der Waals surface area contributed by atoms with Crippen molar-refractivity contribution in [2.24, 2.45) is 0 Å². The molecule has 3 heteroatoms. The van der Waals surface area contributed by atoms with Crippen LogP contribution < -0.4 is 5.32 Å². The molecule has 14 heavy (non-hydrogen) atoms. The highest BCUT2D eigenvalue weighted by atomic mass is 32.2. The lowest BCUT2D eigenvalue weighted by Gasteiger charge is -2.26. The number of aryl methyl sites for hydroxylation is 1. The molecule has 0 saturated carbocycles. The zero-order valence-corrected chi connectivity index (χ0v) is 9.31. The summed E-state index contributed by atoms with van der Waals surface area (Å²) in [5.41, 5.74) is 1.37. The minimum absolute atomic E-state index is 1.11. The molecule has 1 aromatic carbocycles. The van der Waals surface area contributed by atoms with Crippen molar-refractivity contribution in [3.63, 3.8) is 0 Å². The Morgan fingerprint density at radius 3 is 2.64 bits per heavy atom. The van der Waals surface area contributed by atoms with Gasteiger partial charge in [-0.3, -0.25) is 0 Å². The topological polar surface area (TPSA) is 15.3 Å². The summed E-state index contributed by atoms with van der Waals surface area (Å²) in [6, 6.07) is 8.57. The Kier molecular flexibility index (Phi) is 3.45. The first-order chi connectivity index (χ1) is 6.86. The predicted octanol–water partition coefficient (Wildman–Crippen LogP) is 1.91. The number of piperazine rings is 1. The van der Waals surface area contributed by atoms with E-state index in [4.69, 9.17) is 0 Å². The minimum Gasteiger partial charge on any atom is -0.314 e. The number of benzene rings is 1. The average molecular weight is 208 g/mol. The molecular formula is C11H16N2S. The standard InChI is InChI=1S/C11H16N2S/c1-10-4-2-3-5-11(10)14-13-8-6-12-7-9-13/h2-5,12H,6-9H2,1H3. The van der Waals surface area contributed by atoms with E-state index in [-0.39, 0.29) is 0 Å². The molecule has 1 N–H and O–H groups in total. The van der Waals surface area contributed by atoms with Crippen molar-refractivity contribution >= 4 is 11.9 Å². The van der Waals surface area contributed by atoms with Gasteiger partial charge in [0.15, 0.2) is 0 Å². The number of hydrogen-bond acceptors (Lipinski definition) is 3.